The van der Waals surface area contributed by atoms with Gasteiger partial charge in [-0.2, -0.15) is 13.2 Å². The van der Waals surface area contributed by atoms with E-state index in [-0.39, 0.29) is 0 Å². The topological polar surface area (TPSA) is 57.3 Å². The fraction of sp³-hybridized carbons (Fsp3) is 0.263. The first kappa shape index (κ1) is 18.8. The third-order valence-corrected chi connectivity index (χ3v) is 5.10. The number of nitrogens with zero attached hydrogens (tertiary/aromatic N) is 2. The van der Waals surface area contributed by atoms with Gasteiger partial charge in [0.05, 0.1) is 5.92 Å². The molecule has 2 aliphatic heterocycles. The minimum absolute atomic E-state index is 0.369. The van der Waals surface area contributed by atoms with Crippen LogP contribution in [0.15, 0.2) is 60.6 Å². The van der Waals surface area contributed by atoms with E-state index >= 15 is 0 Å². The van der Waals surface area contributed by atoms with E-state index in [0.29, 0.717) is 22.7 Å². The van der Waals surface area contributed by atoms with Gasteiger partial charge >= 0.3 is 6.18 Å². The van der Waals surface area contributed by atoms with Crippen molar-refractivity contribution >= 4 is 17.5 Å². The maximum atomic E-state index is 13.7. The number of hydrazine groups is 1. The summed E-state index contributed by atoms with van der Waals surface area (Å²) >= 11 is 5.89. The lowest BCUT2D eigenvalue weighted by atomic mass is 9.89. The lowest BCUT2D eigenvalue weighted by Crippen LogP contribution is -2.53. The number of allylic oxidation sites excluding steroid dienone is 1. The molecule has 1 fully saturated rings. The Morgan fingerprint density at radius 2 is 1.93 bits per heavy atom. The van der Waals surface area contributed by atoms with Crippen LogP contribution in [0.2, 0.25) is 5.02 Å². The Hall–Kier alpha value is -2.58. The van der Waals surface area contributed by atoms with Gasteiger partial charge in [-0.05, 0) is 29.3 Å². The highest BCUT2D eigenvalue weighted by molar-refractivity contribution is 6.30. The Morgan fingerprint density at radius 1 is 1.18 bits per heavy atom. The average Bonchev–Trinajstić information content (AvgIpc) is 3.04. The molecule has 2 aliphatic rings. The van der Waals surface area contributed by atoms with Crippen molar-refractivity contribution < 1.29 is 18.0 Å². The number of hydrogen-bond donors (Lipinski definition) is 2. The zero-order chi connectivity index (χ0) is 19.9. The summed E-state index contributed by atoms with van der Waals surface area (Å²) in [6.07, 6.45) is -0.446. The number of fused-ring (bicyclic) bond motifs is 1. The van der Waals surface area contributed by atoms with E-state index in [1.807, 2.05) is 6.07 Å². The zero-order valence-electron chi connectivity index (χ0n) is 14.4. The number of hydrogen-bond acceptors (Lipinski definition) is 4. The van der Waals surface area contributed by atoms with Crippen molar-refractivity contribution in [2.24, 2.45) is 0 Å². The maximum absolute atomic E-state index is 13.7. The van der Waals surface area contributed by atoms with Crippen molar-refractivity contribution in [1.82, 2.24) is 20.7 Å². The number of carbonyl (C=O) groups excluding carboxylic acids is 1. The number of carbonyl (C=O) groups is 1. The summed E-state index contributed by atoms with van der Waals surface area (Å²) in [6, 6.07) is 7.91. The Bertz CT molecular complexity index is 902. The molecule has 2 aromatic rings. The van der Waals surface area contributed by atoms with E-state index in [9.17, 15) is 18.0 Å². The van der Waals surface area contributed by atoms with E-state index in [0.717, 1.165) is 10.6 Å². The summed E-state index contributed by atoms with van der Waals surface area (Å²) in [5.41, 5.74) is 4.17. The van der Waals surface area contributed by atoms with Crippen LogP contribution in [0.4, 0.5) is 13.2 Å². The molecule has 1 amide bonds. The predicted octanol–water partition coefficient (Wildman–Crippen LogP) is 3.15. The molecule has 1 saturated heterocycles. The normalized spacial score (nSPS) is 24.6. The summed E-state index contributed by atoms with van der Waals surface area (Å²) in [5, 5.41) is 4.55. The van der Waals surface area contributed by atoms with E-state index in [2.05, 4.69) is 15.7 Å². The van der Waals surface area contributed by atoms with E-state index in [1.54, 1.807) is 42.7 Å². The van der Waals surface area contributed by atoms with Gasteiger partial charge in [-0.15, -0.1) is 0 Å². The van der Waals surface area contributed by atoms with Gasteiger partial charge in [-0.1, -0.05) is 29.8 Å². The molecule has 5 nitrogen and oxygen atoms in total. The highest BCUT2D eigenvalue weighted by Gasteiger charge is 2.56. The summed E-state index contributed by atoms with van der Waals surface area (Å²) in [6.45, 7) is 0. The highest BCUT2D eigenvalue weighted by Crippen LogP contribution is 2.41. The van der Waals surface area contributed by atoms with Crippen LogP contribution < -0.4 is 10.7 Å². The van der Waals surface area contributed by atoms with Crippen LogP contribution in [-0.4, -0.2) is 34.3 Å². The molecule has 28 heavy (non-hydrogen) atoms. The van der Waals surface area contributed by atoms with E-state index in [1.165, 1.54) is 6.08 Å². The molecule has 0 spiro atoms. The lowest BCUT2D eigenvalue weighted by Gasteiger charge is -2.33. The minimum atomic E-state index is -4.53. The number of aromatic nitrogens is 1. The first-order valence-corrected chi connectivity index (χ1v) is 8.98. The molecule has 1 aromatic carbocycles. The molecule has 0 saturated carbocycles. The molecule has 0 radical (unpaired) electrons. The summed E-state index contributed by atoms with van der Waals surface area (Å²) < 4.78 is 41.1. The van der Waals surface area contributed by atoms with Gasteiger partial charge in [-0.25, -0.2) is 5.43 Å². The molecular weight excluding hydrogens is 393 g/mol. The van der Waals surface area contributed by atoms with Crippen LogP contribution >= 0.6 is 11.6 Å². The first-order valence-electron chi connectivity index (χ1n) is 8.60. The third-order valence-electron chi connectivity index (χ3n) is 4.85. The quantitative estimate of drug-likeness (QED) is 0.819. The molecule has 4 rings (SSSR count). The minimum Gasteiger partial charge on any atom is -0.366 e. The lowest BCUT2D eigenvalue weighted by molar-refractivity contribution is -0.161. The van der Waals surface area contributed by atoms with Crippen molar-refractivity contribution in [2.75, 3.05) is 0 Å². The fourth-order valence-corrected chi connectivity index (χ4v) is 3.75. The monoisotopic (exact) mass is 408 g/mol. The van der Waals surface area contributed by atoms with Gasteiger partial charge in [0.15, 0.2) is 0 Å². The van der Waals surface area contributed by atoms with Crippen molar-refractivity contribution in [3.05, 3.63) is 76.7 Å². The number of nitrogens with one attached hydrogen (secondary N) is 2. The standard InChI is InChI=1S/C19H16ClF3N4O/c20-13-5-3-12(4-6-13)16-17(19(21,22)23)26-27-15(28)9-14(25-18(16)27)8-11-2-1-7-24-10-11/h1-7,9-10,16-18,25-26H,8H2. The predicted molar refractivity (Wildman–Crippen MR) is 97.0 cm³/mol. The molecule has 0 aliphatic carbocycles. The summed E-state index contributed by atoms with van der Waals surface area (Å²) in [4.78, 5) is 16.5. The van der Waals surface area contributed by atoms with Crippen LogP contribution in [0.3, 0.4) is 0 Å². The van der Waals surface area contributed by atoms with Crippen LogP contribution in [0, 0.1) is 0 Å². The number of alkyl halides is 3. The van der Waals surface area contributed by atoms with Gasteiger partial charge in [0.1, 0.15) is 12.2 Å². The van der Waals surface area contributed by atoms with Gasteiger partial charge in [-0.3, -0.25) is 14.8 Å². The second-order valence-corrected chi connectivity index (χ2v) is 7.17. The van der Waals surface area contributed by atoms with Crippen LogP contribution in [0.5, 0.6) is 0 Å². The van der Waals surface area contributed by atoms with Gasteiger partial charge in [0, 0.05) is 35.6 Å². The largest absolute Gasteiger partial charge is 0.406 e. The molecule has 3 atom stereocenters. The molecule has 3 unspecified atom stereocenters. The highest BCUT2D eigenvalue weighted by atomic mass is 35.5. The maximum Gasteiger partial charge on any atom is 0.406 e. The van der Waals surface area contributed by atoms with Crippen molar-refractivity contribution in [3.63, 3.8) is 0 Å². The van der Waals surface area contributed by atoms with Crippen LogP contribution in [0.1, 0.15) is 17.0 Å². The molecule has 9 heteroatoms. The van der Waals surface area contributed by atoms with Gasteiger partial charge < -0.3 is 5.32 Å². The average molecular weight is 409 g/mol. The molecule has 3 heterocycles. The number of benzene rings is 1. The second kappa shape index (κ2) is 7.10. The smallest absolute Gasteiger partial charge is 0.366 e. The van der Waals surface area contributed by atoms with Crippen molar-refractivity contribution in [1.29, 1.82) is 0 Å². The number of rotatable bonds is 3. The van der Waals surface area contributed by atoms with Crippen LogP contribution in [-0.2, 0) is 11.2 Å². The molecule has 146 valence electrons. The van der Waals surface area contributed by atoms with Crippen molar-refractivity contribution in [3.8, 4) is 0 Å². The van der Waals surface area contributed by atoms with E-state index in [4.69, 9.17) is 11.6 Å². The summed E-state index contributed by atoms with van der Waals surface area (Å²) in [7, 11) is 0. The SMILES string of the molecule is O=C1C=C(Cc2cccnc2)NC2C(c3ccc(Cl)cc3)C(C(F)(F)F)NN12. The molecular formula is C19H16ClF3N4O. The molecule has 0 bridgehead atoms. The second-order valence-electron chi connectivity index (χ2n) is 6.73. The zero-order valence-corrected chi connectivity index (χ0v) is 15.2. The van der Waals surface area contributed by atoms with E-state index < -0.39 is 30.2 Å². The Morgan fingerprint density at radius 3 is 2.57 bits per heavy atom. The Kier molecular flexibility index (Phi) is 4.76. The van der Waals surface area contributed by atoms with Gasteiger partial charge in [0.25, 0.3) is 5.91 Å². The van der Waals surface area contributed by atoms with Crippen LogP contribution in [0.25, 0.3) is 0 Å². The molecule has 2 N–H and O–H groups in total. The summed E-state index contributed by atoms with van der Waals surface area (Å²) in [5.74, 6) is -1.55. The third kappa shape index (κ3) is 3.57. The molecule has 1 aromatic heterocycles. The number of pyridine rings is 1. The number of amides is 1. The van der Waals surface area contributed by atoms with Gasteiger partial charge in [0.2, 0.25) is 0 Å². The Labute approximate surface area is 164 Å². The fourth-order valence-electron chi connectivity index (χ4n) is 3.62. The van der Waals surface area contributed by atoms with Crippen molar-refractivity contribution in [2.45, 2.75) is 30.7 Å². The Balaban J connectivity index is 1.67. The first-order chi connectivity index (χ1) is 13.3. The number of halogens is 4.